The van der Waals surface area contributed by atoms with Gasteiger partial charge in [-0.15, -0.1) is 0 Å². The molecule has 17 heavy (non-hydrogen) atoms. The fourth-order valence-corrected chi connectivity index (χ4v) is 2.64. The Morgan fingerprint density at radius 3 is 2.76 bits per heavy atom. The van der Waals surface area contributed by atoms with Crippen LogP contribution in [0.1, 0.15) is 37.6 Å². The normalized spacial score (nSPS) is 16.2. The van der Waals surface area contributed by atoms with Crippen LogP contribution in [-0.4, -0.2) is 11.5 Å². The van der Waals surface area contributed by atoms with Crippen LogP contribution in [0.25, 0.3) is 10.9 Å². The number of benzene rings is 1. The lowest BCUT2D eigenvalue weighted by molar-refractivity contribution is 0.591. The van der Waals surface area contributed by atoms with Crippen LogP contribution in [0.4, 0.5) is 0 Å². The number of nitrogens with one attached hydrogen (secondary N) is 2. The zero-order valence-electron chi connectivity index (χ0n) is 10.9. The third kappa shape index (κ3) is 1.77. The fraction of sp³-hybridized carbons (Fsp3) is 0.467. The Morgan fingerprint density at radius 2 is 2.00 bits per heavy atom. The first kappa shape index (κ1) is 10.8. The van der Waals surface area contributed by atoms with Crippen LogP contribution >= 0.6 is 0 Å². The van der Waals surface area contributed by atoms with E-state index in [-0.39, 0.29) is 5.41 Å². The van der Waals surface area contributed by atoms with Gasteiger partial charge in [0, 0.05) is 23.1 Å². The van der Waals surface area contributed by atoms with E-state index < -0.39 is 0 Å². The third-order valence-corrected chi connectivity index (χ3v) is 3.71. The van der Waals surface area contributed by atoms with E-state index in [1.54, 1.807) is 0 Å². The van der Waals surface area contributed by atoms with E-state index in [0.717, 1.165) is 19.5 Å². The molecule has 0 bridgehead atoms. The van der Waals surface area contributed by atoms with E-state index in [1.807, 2.05) is 0 Å². The summed E-state index contributed by atoms with van der Waals surface area (Å²) < 4.78 is 0. The molecule has 0 atom stereocenters. The smallest absolute Gasteiger partial charge is 0.0462 e. The lowest BCUT2D eigenvalue weighted by Crippen LogP contribution is -2.22. The first-order valence-electron chi connectivity index (χ1n) is 6.40. The quantitative estimate of drug-likeness (QED) is 0.712. The maximum atomic E-state index is 3.57. The summed E-state index contributed by atoms with van der Waals surface area (Å²) in [5.41, 5.74) is 5.80. The third-order valence-electron chi connectivity index (χ3n) is 3.71. The van der Waals surface area contributed by atoms with Gasteiger partial charge in [-0.05, 0) is 35.6 Å². The second-order valence-electron chi connectivity index (χ2n) is 6.02. The molecular formula is C15H20N2. The van der Waals surface area contributed by atoms with E-state index >= 15 is 0 Å². The lowest BCUT2D eigenvalue weighted by Gasteiger charge is -2.18. The van der Waals surface area contributed by atoms with Crippen LogP contribution in [0, 0.1) is 0 Å². The predicted molar refractivity (Wildman–Crippen MR) is 72.4 cm³/mol. The molecule has 0 spiro atoms. The molecule has 1 aromatic carbocycles. The average molecular weight is 228 g/mol. The molecule has 90 valence electrons. The van der Waals surface area contributed by atoms with Gasteiger partial charge >= 0.3 is 0 Å². The van der Waals surface area contributed by atoms with Gasteiger partial charge in [0.25, 0.3) is 0 Å². The van der Waals surface area contributed by atoms with Gasteiger partial charge in [0.2, 0.25) is 0 Å². The molecule has 1 aliphatic heterocycles. The molecule has 2 aromatic rings. The van der Waals surface area contributed by atoms with Crippen LogP contribution in [0.2, 0.25) is 0 Å². The molecule has 0 saturated carbocycles. The highest BCUT2D eigenvalue weighted by atomic mass is 14.9. The number of hydrogen-bond acceptors (Lipinski definition) is 1. The molecule has 2 heteroatoms. The number of H-pyrrole nitrogens is 1. The zero-order chi connectivity index (χ0) is 12.0. The summed E-state index contributed by atoms with van der Waals surface area (Å²) in [4.78, 5) is 3.57. The minimum Gasteiger partial charge on any atom is -0.357 e. The Kier molecular flexibility index (Phi) is 2.30. The summed E-state index contributed by atoms with van der Waals surface area (Å²) in [7, 11) is 0. The molecule has 0 aliphatic carbocycles. The van der Waals surface area contributed by atoms with Crippen molar-refractivity contribution in [1.29, 1.82) is 0 Å². The molecule has 1 aromatic heterocycles. The predicted octanol–water partition coefficient (Wildman–Crippen LogP) is 3.11. The summed E-state index contributed by atoms with van der Waals surface area (Å²) in [6, 6.07) is 6.88. The van der Waals surface area contributed by atoms with Crippen molar-refractivity contribution in [2.75, 3.05) is 6.54 Å². The number of aromatic nitrogens is 1. The summed E-state index contributed by atoms with van der Waals surface area (Å²) >= 11 is 0. The molecule has 3 rings (SSSR count). The monoisotopic (exact) mass is 228 g/mol. The Bertz CT molecular complexity index is 558. The van der Waals surface area contributed by atoms with Crippen molar-refractivity contribution in [3.63, 3.8) is 0 Å². The largest absolute Gasteiger partial charge is 0.357 e. The number of aromatic amines is 1. The first-order chi connectivity index (χ1) is 8.05. The van der Waals surface area contributed by atoms with Gasteiger partial charge in [0.15, 0.2) is 0 Å². The average Bonchev–Trinajstić information content (AvgIpc) is 2.65. The van der Waals surface area contributed by atoms with Gasteiger partial charge in [-0.3, -0.25) is 0 Å². The van der Waals surface area contributed by atoms with Gasteiger partial charge in [-0.1, -0.05) is 32.9 Å². The van der Waals surface area contributed by atoms with Crippen molar-refractivity contribution in [2.24, 2.45) is 0 Å². The van der Waals surface area contributed by atoms with E-state index in [4.69, 9.17) is 0 Å². The van der Waals surface area contributed by atoms with E-state index in [2.05, 4.69) is 49.3 Å². The number of rotatable bonds is 0. The molecule has 0 unspecified atom stereocenters. The highest BCUT2D eigenvalue weighted by molar-refractivity contribution is 5.85. The lowest BCUT2D eigenvalue weighted by atomic mass is 9.86. The zero-order valence-corrected chi connectivity index (χ0v) is 10.9. The molecule has 2 N–H and O–H groups in total. The molecule has 0 saturated heterocycles. The Balaban J connectivity index is 2.18. The van der Waals surface area contributed by atoms with Gasteiger partial charge < -0.3 is 10.3 Å². The number of hydrogen-bond donors (Lipinski definition) is 2. The summed E-state index contributed by atoms with van der Waals surface area (Å²) in [6.45, 7) is 8.87. The van der Waals surface area contributed by atoms with Crippen molar-refractivity contribution in [3.05, 3.63) is 35.0 Å². The summed E-state index contributed by atoms with van der Waals surface area (Å²) in [5.74, 6) is 0. The van der Waals surface area contributed by atoms with Crippen molar-refractivity contribution in [2.45, 2.75) is 39.2 Å². The van der Waals surface area contributed by atoms with Gasteiger partial charge in [0.05, 0.1) is 0 Å². The van der Waals surface area contributed by atoms with Crippen molar-refractivity contribution in [1.82, 2.24) is 10.3 Å². The van der Waals surface area contributed by atoms with Crippen LogP contribution in [0.5, 0.6) is 0 Å². The second-order valence-corrected chi connectivity index (χ2v) is 6.02. The number of fused-ring (bicyclic) bond motifs is 3. The van der Waals surface area contributed by atoms with E-state index in [9.17, 15) is 0 Å². The summed E-state index contributed by atoms with van der Waals surface area (Å²) in [5, 5.41) is 4.83. The SMILES string of the molecule is CC(C)(C)c1ccc2c3c([nH]c2c1)CNCC3. The highest BCUT2D eigenvalue weighted by Gasteiger charge is 2.18. The standard InChI is InChI=1S/C15H20N2/c1-15(2,3)10-4-5-11-12-6-7-16-9-14(12)17-13(11)8-10/h4-5,8,16-17H,6-7,9H2,1-3H3. The van der Waals surface area contributed by atoms with Gasteiger partial charge in [-0.2, -0.15) is 0 Å². The van der Waals surface area contributed by atoms with Crippen LogP contribution < -0.4 is 5.32 Å². The maximum Gasteiger partial charge on any atom is 0.0462 e. The Hall–Kier alpha value is -1.28. The van der Waals surface area contributed by atoms with Gasteiger partial charge in [0.1, 0.15) is 0 Å². The molecule has 2 nitrogen and oxygen atoms in total. The summed E-state index contributed by atoms with van der Waals surface area (Å²) in [6.07, 6.45) is 1.14. The first-order valence-corrected chi connectivity index (χ1v) is 6.40. The minimum absolute atomic E-state index is 0.220. The van der Waals surface area contributed by atoms with Crippen molar-refractivity contribution < 1.29 is 0 Å². The van der Waals surface area contributed by atoms with Crippen molar-refractivity contribution >= 4 is 10.9 Å². The Labute approximate surface area is 102 Å². The molecule has 0 fully saturated rings. The van der Waals surface area contributed by atoms with Crippen molar-refractivity contribution in [3.8, 4) is 0 Å². The second kappa shape index (κ2) is 3.61. The van der Waals surface area contributed by atoms with Crippen LogP contribution in [0.3, 0.4) is 0 Å². The minimum atomic E-state index is 0.220. The maximum absolute atomic E-state index is 3.57. The van der Waals surface area contributed by atoms with Crippen LogP contribution in [-0.2, 0) is 18.4 Å². The Morgan fingerprint density at radius 1 is 1.18 bits per heavy atom. The molecule has 2 heterocycles. The highest BCUT2D eigenvalue weighted by Crippen LogP contribution is 2.30. The fourth-order valence-electron chi connectivity index (χ4n) is 2.64. The van der Waals surface area contributed by atoms with E-state index in [1.165, 1.54) is 27.7 Å². The topological polar surface area (TPSA) is 27.8 Å². The van der Waals surface area contributed by atoms with E-state index in [0.29, 0.717) is 0 Å². The van der Waals surface area contributed by atoms with Gasteiger partial charge in [-0.25, -0.2) is 0 Å². The molecule has 1 aliphatic rings. The molecule has 0 amide bonds. The molecular weight excluding hydrogens is 208 g/mol. The molecule has 0 radical (unpaired) electrons. The van der Waals surface area contributed by atoms with Crippen LogP contribution in [0.15, 0.2) is 18.2 Å².